The first-order chi connectivity index (χ1) is 11.5. The van der Waals surface area contributed by atoms with Crippen LogP contribution in [0.4, 0.5) is 5.69 Å². The number of pyridine rings is 1. The molecule has 8 heteroatoms. The molecule has 1 aromatic carbocycles. The minimum absolute atomic E-state index is 0.139. The van der Waals surface area contributed by atoms with Crippen LogP contribution >= 0.6 is 0 Å². The van der Waals surface area contributed by atoms with Gasteiger partial charge in [-0.15, -0.1) is 0 Å². The predicted octanol–water partition coefficient (Wildman–Crippen LogP) is 1.36. The summed E-state index contributed by atoms with van der Waals surface area (Å²) in [6.07, 6.45) is 1.48. The fourth-order valence-electron chi connectivity index (χ4n) is 2.37. The lowest BCUT2D eigenvalue weighted by Crippen LogP contribution is -2.58. The number of amides is 1. The number of methoxy groups -OCH3 is 1. The molecule has 1 aromatic heterocycles. The highest BCUT2D eigenvalue weighted by Crippen LogP contribution is 2.22. The van der Waals surface area contributed by atoms with E-state index >= 15 is 0 Å². The number of sulfonamides is 1. The number of nitrogens with zero attached hydrogens (tertiary/aromatic N) is 2. The molecule has 1 aliphatic rings. The number of para-hydroxylation sites is 1. The smallest absolute Gasteiger partial charge is 0.272 e. The Labute approximate surface area is 140 Å². The summed E-state index contributed by atoms with van der Waals surface area (Å²) in [6, 6.07) is 11.9. The molecule has 1 fully saturated rings. The number of anilines is 1. The minimum atomic E-state index is -3.53. The molecule has 24 heavy (non-hydrogen) atoms. The van der Waals surface area contributed by atoms with Gasteiger partial charge in [0.1, 0.15) is 16.7 Å². The molecule has 126 valence electrons. The van der Waals surface area contributed by atoms with Crippen molar-refractivity contribution in [1.29, 1.82) is 0 Å². The van der Waals surface area contributed by atoms with E-state index in [1.165, 1.54) is 24.3 Å². The molecule has 1 N–H and O–H groups in total. The standard InChI is InChI=1S/C16H17N3O4S/c1-23-13-7-8-17-15(9-13)16(20)19-10-14(11-19)24(21,22)18-12-5-3-2-4-6-12/h2-9,14,18H,10-11H2,1H3. The van der Waals surface area contributed by atoms with Gasteiger partial charge in [0.2, 0.25) is 10.0 Å². The van der Waals surface area contributed by atoms with E-state index in [0.717, 1.165) is 0 Å². The van der Waals surface area contributed by atoms with Crippen LogP contribution in [0.2, 0.25) is 0 Å². The second-order valence-electron chi connectivity index (χ2n) is 5.43. The predicted molar refractivity (Wildman–Crippen MR) is 89.5 cm³/mol. The van der Waals surface area contributed by atoms with Gasteiger partial charge in [-0.3, -0.25) is 14.5 Å². The zero-order valence-electron chi connectivity index (χ0n) is 13.0. The highest BCUT2D eigenvalue weighted by atomic mass is 32.2. The van der Waals surface area contributed by atoms with Crippen LogP contribution in [0.1, 0.15) is 10.5 Å². The zero-order valence-corrected chi connectivity index (χ0v) is 13.9. The number of benzene rings is 1. The normalized spacial score (nSPS) is 14.8. The summed E-state index contributed by atoms with van der Waals surface area (Å²) in [5, 5.41) is -0.632. The Kier molecular flexibility index (Phi) is 4.39. The largest absolute Gasteiger partial charge is 0.497 e. The van der Waals surface area contributed by atoms with Crippen molar-refractivity contribution in [3.8, 4) is 5.75 Å². The van der Waals surface area contributed by atoms with Gasteiger partial charge in [-0.05, 0) is 18.2 Å². The first kappa shape index (κ1) is 16.3. The molecule has 3 rings (SSSR count). The first-order valence-electron chi connectivity index (χ1n) is 7.35. The third-order valence-corrected chi connectivity index (χ3v) is 5.49. The van der Waals surface area contributed by atoms with Crippen molar-refractivity contribution in [2.24, 2.45) is 0 Å². The first-order valence-corrected chi connectivity index (χ1v) is 8.90. The van der Waals surface area contributed by atoms with Gasteiger partial charge in [0.25, 0.3) is 5.91 Å². The number of hydrogen-bond donors (Lipinski definition) is 1. The molecule has 0 bridgehead atoms. The van der Waals surface area contributed by atoms with Crippen molar-refractivity contribution in [2.45, 2.75) is 5.25 Å². The Balaban J connectivity index is 1.63. The van der Waals surface area contributed by atoms with Crippen molar-refractivity contribution >= 4 is 21.6 Å². The van der Waals surface area contributed by atoms with E-state index in [0.29, 0.717) is 11.4 Å². The van der Waals surface area contributed by atoms with Gasteiger partial charge in [-0.25, -0.2) is 8.42 Å². The molecule has 1 saturated heterocycles. The average molecular weight is 347 g/mol. The second kappa shape index (κ2) is 6.48. The third kappa shape index (κ3) is 3.33. The highest BCUT2D eigenvalue weighted by Gasteiger charge is 2.40. The van der Waals surface area contributed by atoms with Crippen molar-refractivity contribution in [1.82, 2.24) is 9.88 Å². The molecule has 7 nitrogen and oxygen atoms in total. The van der Waals surface area contributed by atoms with Crippen molar-refractivity contribution in [3.63, 3.8) is 0 Å². The lowest BCUT2D eigenvalue weighted by molar-refractivity contribution is 0.0652. The number of nitrogens with one attached hydrogen (secondary N) is 1. The van der Waals surface area contributed by atoms with E-state index in [2.05, 4.69) is 9.71 Å². The second-order valence-corrected chi connectivity index (χ2v) is 7.39. The SMILES string of the molecule is COc1ccnc(C(=O)N2CC(S(=O)(=O)Nc3ccccc3)C2)c1. The number of ether oxygens (including phenoxy) is 1. The van der Waals surface area contributed by atoms with E-state index < -0.39 is 15.3 Å². The number of likely N-dealkylation sites (tertiary alicyclic amines) is 1. The molecule has 0 aliphatic carbocycles. The number of carbonyl (C=O) groups excluding carboxylic acids is 1. The Morgan fingerprint density at radius 3 is 2.62 bits per heavy atom. The maximum Gasteiger partial charge on any atom is 0.272 e. The maximum absolute atomic E-state index is 12.3. The van der Waals surface area contributed by atoms with E-state index in [-0.39, 0.29) is 24.7 Å². The van der Waals surface area contributed by atoms with Crippen LogP contribution in [0.5, 0.6) is 5.75 Å². The van der Waals surface area contributed by atoms with Gasteiger partial charge in [0.05, 0.1) is 7.11 Å². The third-order valence-electron chi connectivity index (χ3n) is 3.79. The van der Waals surface area contributed by atoms with Crippen LogP contribution in [0, 0.1) is 0 Å². The monoisotopic (exact) mass is 347 g/mol. The molecule has 0 saturated carbocycles. The van der Waals surface area contributed by atoms with Crippen LogP contribution in [-0.2, 0) is 10.0 Å². The molecular formula is C16H17N3O4S. The van der Waals surface area contributed by atoms with Gasteiger partial charge in [0, 0.05) is 31.0 Å². The summed E-state index contributed by atoms with van der Waals surface area (Å²) < 4.78 is 32.2. The molecule has 1 aliphatic heterocycles. The number of carbonyl (C=O) groups is 1. The van der Waals surface area contributed by atoms with Gasteiger partial charge in [-0.2, -0.15) is 0 Å². The summed E-state index contributed by atoms with van der Waals surface area (Å²) in [5.74, 6) is 0.226. The van der Waals surface area contributed by atoms with Crippen molar-refractivity contribution in [3.05, 3.63) is 54.4 Å². The molecule has 0 unspecified atom stereocenters. The summed E-state index contributed by atoms with van der Waals surface area (Å²) >= 11 is 0. The summed E-state index contributed by atoms with van der Waals surface area (Å²) in [7, 11) is -2.02. The molecule has 2 heterocycles. The fourth-order valence-corrected chi connectivity index (χ4v) is 3.75. The van der Waals surface area contributed by atoms with E-state index in [9.17, 15) is 13.2 Å². The number of hydrogen-bond acceptors (Lipinski definition) is 5. The van der Waals surface area contributed by atoms with E-state index in [1.54, 1.807) is 30.3 Å². The quantitative estimate of drug-likeness (QED) is 0.882. The average Bonchev–Trinajstić information content (AvgIpc) is 2.53. The summed E-state index contributed by atoms with van der Waals surface area (Å²) in [5.41, 5.74) is 0.748. The van der Waals surface area contributed by atoms with E-state index in [1.807, 2.05) is 6.07 Å². The topological polar surface area (TPSA) is 88.6 Å². The van der Waals surface area contributed by atoms with E-state index in [4.69, 9.17) is 4.74 Å². The molecule has 1 amide bonds. The highest BCUT2D eigenvalue weighted by molar-refractivity contribution is 7.93. The zero-order chi connectivity index (χ0) is 17.2. The van der Waals surface area contributed by atoms with Gasteiger partial charge in [0.15, 0.2) is 0 Å². The molecule has 0 spiro atoms. The Bertz CT molecular complexity index is 833. The lowest BCUT2D eigenvalue weighted by Gasteiger charge is -2.38. The Hall–Kier alpha value is -2.61. The Morgan fingerprint density at radius 2 is 1.96 bits per heavy atom. The molecular weight excluding hydrogens is 330 g/mol. The Morgan fingerprint density at radius 1 is 1.25 bits per heavy atom. The van der Waals surface area contributed by atoms with Crippen molar-refractivity contribution < 1.29 is 17.9 Å². The fraction of sp³-hybridized carbons (Fsp3) is 0.250. The summed E-state index contributed by atoms with van der Waals surface area (Å²) in [4.78, 5) is 17.8. The molecule has 0 atom stereocenters. The summed E-state index contributed by atoms with van der Waals surface area (Å²) in [6.45, 7) is 0.278. The van der Waals surface area contributed by atoms with Crippen LogP contribution in [0.25, 0.3) is 0 Å². The lowest BCUT2D eigenvalue weighted by atomic mass is 10.2. The van der Waals surface area contributed by atoms with Crippen molar-refractivity contribution in [2.75, 3.05) is 24.9 Å². The molecule has 0 radical (unpaired) electrons. The van der Waals surface area contributed by atoms with Crippen LogP contribution in [-0.4, -0.2) is 49.7 Å². The van der Waals surface area contributed by atoms with Gasteiger partial charge in [-0.1, -0.05) is 18.2 Å². The van der Waals surface area contributed by atoms with Crippen LogP contribution < -0.4 is 9.46 Å². The number of rotatable bonds is 5. The van der Waals surface area contributed by atoms with Crippen LogP contribution in [0.15, 0.2) is 48.7 Å². The van der Waals surface area contributed by atoms with Gasteiger partial charge < -0.3 is 9.64 Å². The number of aromatic nitrogens is 1. The van der Waals surface area contributed by atoms with Crippen LogP contribution in [0.3, 0.4) is 0 Å². The molecule has 2 aromatic rings. The minimum Gasteiger partial charge on any atom is -0.497 e. The van der Waals surface area contributed by atoms with Gasteiger partial charge >= 0.3 is 0 Å². The maximum atomic E-state index is 12.3.